The maximum atomic E-state index is 9.22. The average Bonchev–Trinajstić information content (AvgIpc) is 2.59. The van der Waals surface area contributed by atoms with Crippen molar-refractivity contribution >= 4 is 34.0 Å². The molecule has 1 heterocycles. The molecule has 4 heteroatoms. The van der Waals surface area contributed by atoms with Gasteiger partial charge in [-0.3, -0.25) is 0 Å². The number of aryl methyl sites for hydroxylation is 2. The van der Waals surface area contributed by atoms with E-state index in [2.05, 4.69) is 6.92 Å². The lowest BCUT2D eigenvalue weighted by Crippen LogP contribution is -2.30. The van der Waals surface area contributed by atoms with E-state index in [-0.39, 0.29) is 0 Å². The van der Waals surface area contributed by atoms with Crippen molar-refractivity contribution in [1.82, 2.24) is 0 Å². The van der Waals surface area contributed by atoms with E-state index in [9.17, 15) is 10.0 Å². The van der Waals surface area contributed by atoms with Gasteiger partial charge in [0, 0.05) is 10.2 Å². The summed E-state index contributed by atoms with van der Waals surface area (Å²) in [4.78, 5) is 0. The smallest absolute Gasteiger partial charge is 0.423 e. The Balaban J connectivity index is 2.84. The predicted octanol–water partition coefficient (Wildman–Crippen LogP) is 1.20. The van der Waals surface area contributed by atoms with Crippen LogP contribution in [0, 0.1) is 13.8 Å². The molecule has 2 aromatic rings. The molecule has 0 unspecified atom stereocenters. The quantitative estimate of drug-likeness (QED) is 0.688. The van der Waals surface area contributed by atoms with E-state index < -0.39 is 7.12 Å². The number of hydrogen-bond acceptors (Lipinski definition) is 3. The van der Waals surface area contributed by atoms with Gasteiger partial charge in [-0.05, 0) is 41.8 Å². The highest BCUT2D eigenvalue weighted by molar-refractivity contribution is 7.18. The summed E-state index contributed by atoms with van der Waals surface area (Å²) in [5.74, 6) is 0. The summed E-state index contributed by atoms with van der Waals surface area (Å²) < 4.78 is 0.975. The van der Waals surface area contributed by atoms with Gasteiger partial charge in [-0.15, -0.1) is 11.3 Å². The van der Waals surface area contributed by atoms with Gasteiger partial charge in [0.2, 0.25) is 0 Å². The van der Waals surface area contributed by atoms with E-state index in [0.717, 1.165) is 15.6 Å². The number of hydrogen-bond donors (Lipinski definition) is 2. The highest BCUT2D eigenvalue weighted by Gasteiger charge is 2.17. The molecule has 2 nitrogen and oxygen atoms in total. The van der Waals surface area contributed by atoms with E-state index in [0.29, 0.717) is 5.46 Å². The van der Waals surface area contributed by atoms with E-state index in [1.54, 1.807) is 11.3 Å². The molecule has 1 aromatic heterocycles. The molecule has 0 saturated heterocycles. The van der Waals surface area contributed by atoms with Crippen LogP contribution in [0.5, 0.6) is 0 Å². The van der Waals surface area contributed by atoms with Crippen LogP contribution >= 0.6 is 11.3 Å². The molecule has 2 N–H and O–H groups in total. The van der Waals surface area contributed by atoms with Crippen molar-refractivity contribution in [2.45, 2.75) is 13.8 Å². The van der Waals surface area contributed by atoms with Crippen LogP contribution in [0.3, 0.4) is 0 Å². The summed E-state index contributed by atoms with van der Waals surface area (Å²) in [7, 11) is -1.38. The Kier molecular flexibility index (Phi) is 2.35. The minimum Gasteiger partial charge on any atom is -0.423 e. The van der Waals surface area contributed by atoms with E-state index >= 15 is 0 Å². The van der Waals surface area contributed by atoms with Crippen molar-refractivity contribution in [3.05, 3.63) is 28.6 Å². The van der Waals surface area contributed by atoms with Crippen molar-refractivity contribution in [3.63, 3.8) is 0 Å². The van der Waals surface area contributed by atoms with Crippen LogP contribution in [-0.4, -0.2) is 17.2 Å². The summed E-state index contributed by atoms with van der Waals surface area (Å²) in [6.07, 6.45) is 0. The fourth-order valence-corrected chi connectivity index (χ4v) is 2.63. The van der Waals surface area contributed by atoms with Crippen molar-refractivity contribution < 1.29 is 10.0 Å². The first-order valence-electron chi connectivity index (χ1n) is 4.44. The largest absolute Gasteiger partial charge is 0.489 e. The first kappa shape index (κ1) is 9.71. The van der Waals surface area contributed by atoms with Gasteiger partial charge >= 0.3 is 7.12 Å². The van der Waals surface area contributed by atoms with Gasteiger partial charge in [0.25, 0.3) is 0 Å². The monoisotopic (exact) mass is 206 g/mol. The molecule has 0 aliphatic carbocycles. The third kappa shape index (κ3) is 1.36. The van der Waals surface area contributed by atoms with Crippen LogP contribution in [0.4, 0.5) is 0 Å². The van der Waals surface area contributed by atoms with Crippen molar-refractivity contribution in [3.8, 4) is 0 Å². The fourth-order valence-electron chi connectivity index (χ4n) is 1.64. The highest BCUT2D eigenvalue weighted by atomic mass is 32.1. The highest BCUT2D eigenvalue weighted by Crippen LogP contribution is 2.24. The lowest BCUT2D eigenvalue weighted by Gasteiger charge is -2.07. The standard InChI is InChI=1S/C10H11BO2S/c1-6-5-9(11(12)13)10-8(7(6)2)3-4-14-10/h3-5,12-13H,1-2H3. The lowest BCUT2D eigenvalue weighted by molar-refractivity contribution is 0.426. The molecule has 0 amide bonds. The van der Waals surface area contributed by atoms with E-state index in [4.69, 9.17) is 0 Å². The number of thiophene rings is 1. The lowest BCUT2D eigenvalue weighted by atomic mass is 9.78. The molecular weight excluding hydrogens is 195 g/mol. The molecule has 0 radical (unpaired) electrons. The summed E-state index contributed by atoms with van der Waals surface area (Å²) >= 11 is 1.55. The third-order valence-electron chi connectivity index (χ3n) is 2.57. The van der Waals surface area contributed by atoms with Gasteiger partial charge in [0.1, 0.15) is 0 Å². The zero-order valence-corrected chi connectivity index (χ0v) is 8.93. The molecule has 0 bridgehead atoms. The summed E-state index contributed by atoms with van der Waals surface area (Å²) in [5, 5.41) is 21.5. The second-order valence-corrected chi connectivity index (χ2v) is 4.36. The number of benzene rings is 1. The minimum atomic E-state index is -1.38. The van der Waals surface area contributed by atoms with Crippen molar-refractivity contribution in [1.29, 1.82) is 0 Å². The molecule has 14 heavy (non-hydrogen) atoms. The van der Waals surface area contributed by atoms with Gasteiger partial charge in [0.15, 0.2) is 0 Å². The molecule has 0 aliphatic rings. The second-order valence-electron chi connectivity index (χ2n) is 3.44. The van der Waals surface area contributed by atoms with Gasteiger partial charge in [-0.2, -0.15) is 0 Å². The van der Waals surface area contributed by atoms with Crippen LogP contribution in [0.1, 0.15) is 11.1 Å². The van der Waals surface area contributed by atoms with Crippen LogP contribution < -0.4 is 5.46 Å². The number of rotatable bonds is 1. The van der Waals surface area contributed by atoms with Crippen LogP contribution in [-0.2, 0) is 0 Å². The molecule has 0 atom stereocenters. The molecule has 0 fully saturated rings. The number of fused-ring (bicyclic) bond motifs is 1. The second kappa shape index (κ2) is 3.39. The maximum absolute atomic E-state index is 9.22. The maximum Gasteiger partial charge on any atom is 0.489 e. The van der Waals surface area contributed by atoms with Crippen LogP contribution in [0.25, 0.3) is 10.1 Å². The SMILES string of the molecule is Cc1cc(B(O)O)c2sccc2c1C. The molecule has 1 aromatic carbocycles. The summed E-state index contributed by atoms with van der Waals surface area (Å²) in [5.41, 5.74) is 2.92. The molecule has 72 valence electrons. The summed E-state index contributed by atoms with van der Waals surface area (Å²) in [6, 6.07) is 3.87. The zero-order chi connectivity index (χ0) is 10.3. The van der Waals surface area contributed by atoms with E-state index in [1.807, 2.05) is 24.4 Å². The summed E-state index contributed by atoms with van der Waals surface area (Å²) in [6.45, 7) is 4.04. The Morgan fingerprint density at radius 1 is 1.29 bits per heavy atom. The van der Waals surface area contributed by atoms with Gasteiger partial charge in [-0.1, -0.05) is 6.07 Å². The Labute approximate surface area is 87.0 Å². The molecule has 2 rings (SSSR count). The average molecular weight is 206 g/mol. The van der Waals surface area contributed by atoms with Crippen LogP contribution in [0.15, 0.2) is 17.5 Å². The van der Waals surface area contributed by atoms with E-state index in [1.165, 1.54) is 5.56 Å². The Hall–Kier alpha value is -0.835. The van der Waals surface area contributed by atoms with Gasteiger partial charge < -0.3 is 10.0 Å². The normalized spacial score (nSPS) is 10.9. The first-order valence-corrected chi connectivity index (χ1v) is 5.32. The molecule has 0 saturated carbocycles. The van der Waals surface area contributed by atoms with Crippen molar-refractivity contribution in [2.75, 3.05) is 0 Å². The Bertz CT molecular complexity index is 476. The fraction of sp³-hybridized carbons (Fsp3) is 0.200. The Morgan fingerprint density at radius 2 is 2.00 bits per heavy atom. The third-order valence-corrected chi connectivity index (χ3v) is 3.54. The first-order chi connectivity index (χ1) is 6.61. The minimum absolute atomic E-state index is 0.609. The molecule has 0 spiro atoms. The molecular formula is C10H11BO2S. The topological polar surface area (TPSA) is 40.5 Å². The predicted molar refractivity (Wildman–Crippen MR) is 61.1 cm³/mol. The van der Waals surface area contributed by atoms with Crippen LogP contribution in [0.2, 0.25) is 0 Å². The molecule has 0 aliphatic heterocycles. The van der Waals surface area contributed by atoms with Gasteiger partial charge in [0.05, 0.1) is 0 Å². The Morgan fingerprint density at radius 3 is 2.64 bits per heavy atom. The zero-order valence-electron chi connectivity index (χ0n) is 8.11. The van der Waals surface area contributed by atoms with Crippen molar-refractivity contribution in [2.24, 2.45) is 0 Å². The van der Waals surface area contributed by atoms with Gasteiger partial charge in [-0.25, -0.2) is 0 Å².